The van der Waals surface area contributed by atoms with Gasteiger partial charge in [0, 0.05) is 12.0 Å². The molecule has 0 bridgehead atoms. The molecule has 0 heterocycles. The first kappa shape index (κ1) is 17.4. The highest BCUT2D eigenvalue weighted by atomic mass is 16.5. The van der Waals surface area contributed by atoms with Crippen LogP contribution in [0.1, 0.15) is 28.8 Å². The van der Waals surface area contributed by atoms with Gasteiger partial charge in [0.1, 0.15) is 5.71 Å². The molecule has 0 aromatic heterocycles. The third-order valence-electron chi connectivity index (χ3n) is 2.82. The minimum absolute atomic E-state index is 0.00746. The molecule has 0 saturated heterocycles. The largest absolute Gasteiger partial charge is 0.469 e. The van der Waals surface area contributed by atoms with E-state index in [1.54, 1.807) is 24.3 Å². The second-order valence-corrected chi connectivity index (χ2v) is 4.43. The van der Waals surface area contributed by atoms with Gasteiger partial charge in [0.25, 0.3) is 5.91 Å². The van der Waals surface area contributed by atoms with Crippen LogP contribution in [0.4, 0.5) is 0 Å². The van der Waals surface area contributed by atoms with Crippen LogP contribution >= 0.6 is 0 Å². The van der Waals surface area contributed by atoms with Gasteiger partial charge < -0.3 is 9.47 Å². The van der Waals surface area contributed by atoms with Crippen molar-refractivity contribution in [2.75, 3.05) is 14.2 Å². The zero-order valence-corrected chi connectivity index (χ0v) is 12.7. The average molecular weight is 306 g/mol. The molecule has 1 amide bonds. The van der Waals surface area contributed by atoms with Gasteiger partial charge in [-0.2, -0.15) is 5.10 Å². The first-order valence-electron chi connectivity index (χ1n) is 6.56. The molecule has 0 aliphatic heterocycles. The molecule has 0 atom stereocenters. The van der Waals surface area contributed by atoms with Gasteiger partial charge in [-0.25, -0.2) is 10.2 Å². The normalized spacial score (nSPS) is 10.8. The van der Waals surface area contributed by atoms with Crippen LogP contribution < -0.4 is 5.43 Å². The monoisotopic (exact) mass is 306 g/mol. The van der Waals surface area contributed by atoms with E-state index in [4.69, 9.17) is 0 Å². The molecular weight excluding hydrogens is 288 g/mol. The number of benzene rings is 1. The van der Waals surface area contributed by atoms with E-state index in [9.17, 15) is 14.4 Å². The molecule has 0 fully saturated rings. The van der Waals surface area contributed by atoms with Crippen LogP contribution in [0.2, 0.25) is 0 Å². The summed E-state index contributed by atoms with van der Waals surface area (Å²) in [5, 5.41) is 3.73. The number of amides is 1. The van der Waals surface area contributed by atoms with Crippen molar-refractivity contribution in [3.8, 4) is 0 Å². The molecule has 1 aromatic rings. The lowest BCUT2D eigenvalue weighted by molar-refractivity contribution is -0.140. The summed E-state index contributed by atoms with van der Waals surface area (Å²) < 4.78 is 9.05. The van der Waals surface area contributed by atoms with E-state index in [1.807, 2.05) is 6.92 Å². The van der Waals surface area contributed by atoms with Crippen molar-refractivity contribution in [1.82, 2.24) is 5.43 Å². The lowest BCUT2D eigenvalue weighted by atomic mass is 10.1. The number of ether oxygens (including phenoxy) is 2. The van der Waals surface area contributed by atoms with E-state index in [-0.39, 0.29) is 18.6 Å². The van der Waals surface area contributed by atoms with Gasteiger partial charge in [-0.05, 0) is 19.1 Å². The Balaban J connectivity index is 2.75. The van der Waals surface area contributed by atoms with Crippen LogP contribution in [0.15, 0.2) is 29.4 Å². The maximum absolute atomic E-state index is 11.9. The first-order valence-corrected chi connectivity index (χ1v) is 6.56. The lowest BCUT2D eigenvalue weighted by Gasteiger charge is -2.05. The molecule has 22 heavy (non-hydrogen) atoms. The SMILES string of the molecule is COC(=O)CC/C(=N/NC(=O)c1ccc(C)cc1)C(=O)OC. The van der Waals surface area contributed by atoms with Gasteiger partial charge in [0.2, 0.25) is 0 Å². The van der Waals surface area contributed by atoms with Crippen molar-refractivity contribution < 1.29 is 23.9 Å². The molecule has 0 radical (unpaired) electrons. The Kier molecular flexibility index (Phi) is 6.75. The molecule has 1 aromatic carbocycles. The summed E-state index contributed by atoms with van der Waals surface area (Å²) in [6.07, 6.45) is -0.0294. The number of hydrogen-bond donors (Lipinski definition) is 1. The summed E-state index contributed by atoms with van der Waals surface area (Å²) in [5.74, 6) is -1.66. The van der Waals surface area contributed by atoms with E-state index < -0.39 is 17.8 Å². The second kappa shape index (κ2) is 8.56. The molecule has 0 spiro atoms. The Hall–Kier alpha value is -2.70. The Morgan fingerprint density at radius 2 is 1.68 bits per heavy atom. The fourth-order valence-electron chi connectivity index (χ4n) is 1.53. The fourth-order valence-corrected chi connectivity index (χ4v) is 1.53. The predicted molar refractivity (Wildman–Crippen MR) is 79.3 cm³/mol. The molecule has 0 aliphatic rings. The van der Waals surface area contributed by atoms with E-state index in [0.29, 0.717) is 5.56 Å². The number of rotatable bonds is 6. The summed E-state index contributed by atoms with van der Waals surface area (Å²) in [6.45, 7) is 1.90. The number of hydrogen-bond acceptors (Lipinski definition) is 6. The van der Waals surface area contributed by atoms with E-state index in [1.165, 1.54) is 14.2 Å². The summed E-state index contributed by atoms with van der Waals surface area (Å²) in [5.41, 5.74) is 3.64. The zero-order valence-electron chi connectivity index (χ0n) is 12.7. The van der Waals surface area contributed by atoms with Crippen molar-refractivity contribution >= 4 is 23.6 Å². The van der Waals surface area contributed by atoms with Gasteiger partial charge in [-0.1, -0.05) is 17.7 Å². The average Bonchev–Trinajstić information content (AvgIpc) is 2.54. The van der Waals surface area contributed by atoms with Crippen LogP contribution in [0, 0.1) is 6.92 Å². The predicted octanol–water partition coefficient (Wildman–Crippen LogP) is 1.21. The van der Waals surface area contributed by atoms with Crippen molar-refractivity contribution in [2.24, 2.45) is 5.10 Å². The maximum Gasteiger partial charge on any atom is 0.354 e. The molecule has 0 unspecified atom stereocenters. The molecular formula is C15H18N2O5. The second-order valence-electron chi connectivity index (χ2n) is 4.43. The number of methoxy groups -OCH3 is 2. The minimum atomic E-state index is -0.715. The van der Waals surface area contributed by atoms with Crippen LogP contribution in [0.3, 0.4) is 0 Å². The number of carbonyl (C=O) groups excluding carboxylic acids is 3. The minimum Gasteiger partial charge on any atom is -0.469 e. The smallest absolute Gasteiger partial charge is 0.354 e. The Labute approximate surface area is 128 Å². The van der Waals surface area contributed by atoms with Gasteiger partial charge in [0.15, 0.2) is 0 Å². The third-order valence-corrected chi connectivity index (χ3v) is 2.82. The van der Waals surface area contributed by atoms with Gasteiger partial charge in [0.05, 0.1) is 20.6 Å². The molecule has 1 rings (SSSR count). The highest BCUT2D eigenvalue weighted by Gasteiger charge is 2.15. The molecule has 7 heteroatoms. The summed E-state index contributed by atoms with van der Waals surface area (Å²) in [7, 11) is 2.44. The van der Waals surface area contributed by atoms with E-state index >= 15 is 0 Å². The Morgan fingerprint density at radius 1 is 1.05 bits per heavy atom. The van der Waals surface area contributed by atoms with E-state index in [2.05, 4.69) is 20.0 Å². The number of nitrogens with zero attached hydrogens (tertiary/aromatic N) is 1. The number of carbonyl (C=O) groups is 3. The van der Waals surface area contributed by atoms with Crippen LogP contribution in [-0.4, -0.2) is 37.8 Å². The highest BCUT2D eigenvalue weighted by Crippen LogP contribution is 2.03. The molecule has 7 nitrogen and oxygen atoms in total. The molecule has 118 valence electrons. The van der Waals surface area contributed by atoms with Gasteiger partial charge in [-0.15, -0.1) is 0 Å². The molecule has 1 N–H and O–H groups in total. The van der Waals surface area contributed by atoms with Crippen molar-refractivity contribution in [2.45, 2.75) is 19.8 Å². The third kappa shape index (κ3) is 5.35. The van der Waals surface area contributed by atoms with E-state index in [0.717, 1.165) is 5.56 Å². The highest BCUT2D eigenvalue weighted by molar-refractivity contribution is 6.36. The van der Waals surface area contributed by atoms with Gasteiger partial charge in [-0.3, -0.25) is 9.59 Å². The van der Waals surface area contributed by atoms with Crippen molar-refractivity contribution in [1.29, 1.82) is 0 Å². The zero-order chi connectivity index (χ0) is 16.5. The number of nitrogens with one attached hydrogen (secondary N) is 1. The standard InChI is InChI=1S/C15H18N2O5/c1-10-4-6-11(7-5-10)14(19)17-16-12(15(20)22-3)8-9-13(18)21-2/h4-7H,8-9H2,1-3H3,(H,17,19)/b16-12-. The summed E-state index contributed by atoms with van der Waals surface area (Å²) in [6, 6.07) is 6.87. The first-order chi connectivity index (χ1) is 10.5. The lowest BCUT2D eigenvalue weighted by Crippen LogP contribution is -2.25. The summed E-state index contributed by atoms with van der Waals surface area (Å²) in [4.78, 5) is 34.6. The van der Waals surface area contributed by atoms with Crippen molar-refractivity contribution in [3.05, 3.63) is 35.4 Å². The fraction of sp³-hybridized carbons (Fsp3) is 0.333. The van der Waals surface area contributed by atoms with Crippen LogP contribution in [-0.2, 0) is 19.1 Å². The van der Waals surface area contributed by atoms with Crippen LogP contribution in [0.25, 0.3) is 0 Å². The topological polar surface area (TPSA) is 94.1 Å². The number of aryl methyl sites for hydroxylation is 1. The number of hydrazone groups is 1. The maximum atomic E-state index is 11.9. The Bertz CT molecular complexity index is 578. The quantitative estimate of drug-likeness (QED) is 0.484. The summed E-state index contributed by atoms with van der Waals surface area (Å²) >= 11 is 0. The molecule has 0 saturated carbocycles. The Morgan fingerprint density at radius 3 is 2.23 bits per heavy atom. The number of esters is 2. The van der Waals surface area contributed by atoms with Gasteiger partial charge >= 0.3 is 11.9 Å². The molecule has 0 aliphatic carbocycles. The van der Waals surface area contributed by atoms with Crippen molar-refractivity contribution in [3.63, 3.8) is 0 Å². The van der Waals surface area contributed by atoms with Crippen LogP contribution in [0.5, 0.6) is 0 Å².